The second kappa shape index (κ2) is 4.88. The molecule has 1 unspecified atom stereocenters. The Kier molecular flexibility index (Phi) is 3.49. The number of hydrogen-bond donors (Lipinski definition) is 0. The van der Waals surface area contributed by atoms with Crippen LogP contribution in [0.25, 0.3) is 0 Å². The van der Waals surface area contributed by atoms with E-state index in [-0.39, 0.29) is 5.92 Å². The lowest BCUT2D eigenvalue weighted by Crippen LogP contribution is -2.11. The maximum Gasteiger partial charge on any atom is 0.141 e. The second-order valence-corrected chi connectivity index (χ2v) is 5.39. The summed E-state index contributed by atoms with van der Waals surface area (Å²) in [6.07, 6.45) is 1.46. The van der Waals surface area contributed by atoms with Gasteiger partial charge >= 0.3 is 0 Å². The molecular weight excluding hydrogens is 216 g/mol. The molecule has 1 heterocycles. The lowest BCUT2D eigenvalue weighted by molar-refractivity contribution is -0.120. The van der Waals surface area contributed by atoms with Gasteiger partial charge < -0.3 is 0 Å². The van der Waals surface area contributed by atoms with Crippen LogP contribution in [0, 0.1) is 0 Å². The van der Waals surface area contributed by atoms with Gasteiger partial charge in [-0.05, 0) is 25.0 Å². The van der Waals surface area contributed by atoms with Crippen LogP contribution >= 0.6 is 11.8 Å². The van der Waals surface area contributed by atoms with Gasteiger partial charge in [-0.15, -0.1) is 18.3 Å². The zero-order valence-corrected chi connectivity index (χ0v) is 10.3. The summed E-state index contributed by atoms with van der Waals surface area (Å²) < 4.78 is 0. The van der Waals surface area contributed by atoms with E-state index in [0.717, 1.165) is 17.7 Å². The molecule has 16 heavy (non-hydrogen) atoms. The van der Waals surface area contributed by atoms with Crippen LogP contribution in [-0.4, -0.2) is 11.5 Å². The molecule has 1 aromatic rings. The molecule has 2 rings (SSSR count). The Bertz CT molecular complexity index is 422. The minimum atomic E-state index is 0.112. The van der Waals surface area contributed by atoms with Gasteiger partial charge in [0.05, 0.1) is 5.92 Å². The van der Waals surface area contributed by atoms with E-state index in [2.05, 4.69) is 18.7 Å². The molecule has 0 bridgehead atoms. The van der Waals surface area contributed by atoms with Crippen molar-refractivity contribution in [2.75, 3.05) is 5.75 Å². The Hall–Kier alpha value is -1.02. The van der Waals surface area contributed by atoms with Gasteiger partial charge in [-0.2, -0.15) is 0 Å². The third kappa shape index (κ3) is 2.38. The van der Waals surface area contributed by atoms with E-state index in [9.17, 15) is 4.79 Å². The molecule has 0 saturated carbocycles. The summed E-state index contributed by atoms with van der Waals surface area (Å²) in [6, 6.07) is 8.24. The molecule has 1 aliphatic heterocycles. The standard InChI is InChI=1S/C14H16OS/c1-10(2)7-8-13(15)12-9-16-14-6-4-3-5-11(12)14/h3-6,12H,1,7-9H2,2H3. The summed E-state index contributed by atoms with van der Waals surface area (Å²) in [4.78, 5) is 13.3. The lowest BCUT2D eigenvalue weighted by atomic mass is 9.93. The molecule has 0 amide bonds. The molecule has 1 nitrogen and oxygen atoms in total. The minimum absolute atomic E-state index is 0.112. The Morgan fingerprint density at radius 1 is 1.44 bits per heavy atom. The molecule has 0 aromatic heterocycles. The van der Waals surface area contributed by atoms with Gasteiger partial charge in [0.1, 0.15) is 5.78 Å². The fourth-order valence-corrected chi connectivity index (χ4v) is 3.20. The summed E-state index contributed by atoms with van der Waals surface area (Å²) in [5, 5.41) is 0. The first kappa shape index (κ1) is 11.5. The third-order valence-corrected chi connectivity index (χ3v) is 4.07. The van der Waals surface area contributed by atoms with Crippen LogP contribution in [0.3, 0.4) is 0 Å². The van der Waals surface area contributed by atoms with Crippen LogP contribution in [0.4, 0.5) is 0 Å². The largest absolute Gasteiger partial charge is 0.299 e. The monoisotopic (exact) mass is 232 g/mol. The van der Waals surface area contributed by atoms with Crippen LogP contribution in [0.15, 0.2) is 41.3 Å². The highest BCUT2D eigenvalue weighted by Crippen LogP contribution is 2.40. The van der Waals surface area contributed by atoms with Crippen molar-refractivity contribution >= 4 is 17.5 Å². The zero-order chi connectivity index (χ0) is 11.5. The van der Waals surface area contributed by atoms with Crippen LogP contribution in [-0.2, 0) is 4.79 Å². The SMILES string of the molecule is C=C(C)CCC(=O)C1CSc2ccccc21. The fraction of sp³-hybridized carbons (Fsp3) is 0.357. The summed E-state index contributed by atoms with van der Waals surface area (Å²) in [5.41, 5.74) is 2.31. The van der Waals surface area contributed by atoms with Crippen molar-refractivity contribution in [2.24, 2.45) is 0 Å². The zero-order valence-electron chi connectivity index (χ0n) is 9.53. The highest BCUT2D eigenvalue weighted by Gasteiger charge is 2.27. The van der Waals surface area contributed by atoms with Gasteiger partial charge in [-0.3, -0.25) is 4.79 Å². The van der Waals surface area contributed by atoms with Crippen LogP contribution in [0.1, 0.15) is 31.2 Å². The molecule has 0 aliphatic carbocycles. The Morgan fingerprint density at radius 3 is 2.94 bits per heavy atom. The van der Waals surface area contributed by atoms with Crippen LogP contribution in [0.2, 0.25) is 0 Å². The number of carbonyl (C=O) groups excluding carboxylic acids is 1. The Labute approximate surface area is 101 Å². The van der Waals surface area contributed by atoms with Gasteiger partial charge in [-0.25, -0.2) is 0 Å². The van der Waals surface area contributed by atoms with Gasteiger partial charge in [-0.1, -0.05) is 23.8 Å². The van der Waals surface area contributed by atoms with E-state index in [1.54, 1.807) is 11.8 Å². The van der Waals surface area contributed by atoms with Crippen LogP contribution in [0.5, 0.6) is 0 Å². The van der Waals surface area contributed by atoms with Gasteiger partial charge in [0, 0.05) is 17.1 Å². The van der Waals surface area contributed by atoms with Crippen molar-refractivity contribution in [3.63, 3.8) is 0 Å². The van der Waals surface area contributed by atoms with Crippen molar-refractivity contribution in [1.82, 2.24) is 0 Å². The number of ketones is 1. The number of allylic oxidation sites excluding steroid dienone is 1. The fourth-order valence-electron chi connectivity index (χ4n) is 1.94. The predicted molar refractivity (Wildman–Crippen MR) is 69.0 cm³/mol. The predicted octanol–water partition coefficient (Wildman–Crippen LogP) is 3.80. The van der Waals surface area contributed by atoms with E-state index in [1.165, 1.54) is 10.5 Å². The molecule has 0 radical (unpaired) electrons. The Balaban J connectivity index is 2.07. The molecule has 0 fully saturated rings. The first-order chi connectivity index (χ1) is 7.68. The number of benzene rings is 1. The third-order valence-electron chi connectivity index (χ3n) is 2.89. The molecule has 1 atom stereocenters. The topological polar surface area (TPSA) is 17.1 Å². The van der Waals surface area contributed by atoms with E-state index in [0.29, 0.717) is 12.2 Å². The molecule has 1 aliphatic rings. The molecule has 84 valence electrons. The van der Waals surface area contributed by atoms with E-state index in [4.69, 9.17) is 0 Å². The van der Waals surface area contributed by atoms with E-state index >= 15 is 0 Å². The molecule has 2 heteroatoms. The van der Waals surface area contributed by atoms with Crippen LogP contribution < -0.4 is 0 Å². The van der Waals surface area contributed by atoms with E-state index < -0.39 is 0 Å². The molecule has 1 aromatic carbocycles. The number of rotatable bonds is 4. The second-order valence-electron chi connectivity index (χ2n) is 4.32. The number of thioether (sulfide) groups is 1. The number of carbonyl (C=O) groups is 1. The molecular formula is C14H16OS. The summed E-state index contributed by atoms with van der Waals surface area (Å²) >= 11 is 1.80. The molecule has 0 N–H and O–H groups in total. The highest BCUT2D eigenvalue weighted by atomic mass is 32.2. The van der Waals surface area contributed by atoms with E-state index in [1.807, 2.05) is 19.1 Å². The lowest BCUT2D eigenvalue weighted by Gasteiger charge is -2.09. The summed E-state index contributed by atoms with van der Waals surface area (Å²) in [7, 11) is 0. The number of Topliss-reactive ketones (excluding diaryl/α,β-unsaturated/α-hetero) is 1. The first-order valence-corrected chi connectivity index (χ1v) is 6.56. The average molecular weight is 232 g/mol. The van der Waals surface area contributed by atoms with Crippen molar-refractivity contribution < 1.29 is 4.79 Å². The number of hydrogen-bond acceptors (Lipinski definition) is 2. The summed E-state index contributed by atoms with van der Waals surface area (Å²) in [6.45, 7) is 5.82. The average Bonchev–Trinajstić information content (AvgIpc) is 2.69. The number of fused-ring (bicyclic) bond motifs is 1. The van der Waals surface area contributed by atoms with Crippen molar-refractivity contribution in [3.05, 3.63) is 42.0 Å². The quantitative estimate of drug-likeness (QED) is 0.734. The highest BCUT2D eigenvalue weighted by molar-refractivity contribution is 7.99. The van der Waals surface area contributed by atoms with Crippen molar-refractivity contribution in [1.29, 1.82) is 0 Å². The smallest absolute Gasteiger partial charge is 0.141 e. The van der Waals surface area contributed by atoms with Gasteiger partial charge in [0.25, 0.3) is 0 Å². The normalized spacial score (nSPS) is 18.2. The maximum atomic E-state index is 12.1. The maximum absolute atomic E-state index is 12.1. The first-order valence-electron chi connectivity index (χ1n) is 5.57. The minimum Gasteiger partial charge on any atom is -0.299 e. The van der Waals surface area contributed by atoms with Gasteiger partial charge in [0.2, 0.25) is 0 Å². The Morgan fingerprint density at radius 2 is 2.19 bits per heavy atom. The van der Waals surface area contributed by atoms with Gasteiger partial charge in [0.15, 0.2) is 0 Å². The summed E-state index contributed by atoms with van der Waals surface area (Å²) in [5.74, 6) is 1.38. The van der Waals surface area contributed by atoms with Crippen molar-refractivity contribution in [2.45, 2.75) is 30.6 Å². The van der Waals surface area contributed by atoms with Crippen molar-refractivity contribution in [3.8, 4) is 0 Å². The molecule has 0 spiro atoms. The molecule has 0 saturated heterocycles.